The molecule has 0 saturated carbocycles. The van der Waals surface area contributed by atoms with E-state index in [2.05, 4.69) is 9.97 Å². The Hall–Kier alpha value is -1.69. The maximum Gasteiger partial charge on any atom is 0.219 e. The van der Waals surface area contributed by atoms with Crippen LogP contribution in [0.3, 0.4) is 0 Å². The highest BCUT2D eigenvalue weighted by molar-refractivity contribution is 7.71. The minimum Gasteiger partial charge on any atom is -0.370 e. The van der Waals surface area contributed by atoms with Gasteiger partial charge in [0.15, 0.2) is 10.4 Å². The molecule has 0 aromatic carbocycles. The molecular weight excluding hydrogens is 248 g/mol. The monoisotopic (exact) mass is 264 g/mol. The summed E-state index contributed by atoms with van der Waals surface area (Å²) >= 11 is 5.33. The van der Waals surface area contributed by atoms with Crippen molar-refractivity contribution in [3.63, 3.8) is 0 Å². The fourth-order valence-electron chi connectivity index (χ4n) is 2.19. The second-order valence-corrected chi connectivity index (χ2v) is 5.43. The number of amides is 1. The molecule has 0 unspecified atom stereocenters. The molecule has 2 heterocycles. The molecule has 18 heavy (non-hydrogen) atoms. The lowest BCUT2D eigenvalue weighted by atomic mass is 10.00. The number of aromatic amines is 1. The first kappa shape index (κ1) is 12.8. The summed E-state index contributed by atoms with van der Waals surface area (Å²) in [4.78, 5) is 18.7. The van der Waals surface area contributed by atoms with Crippen molar-refractivity contribution in [2.45, 2.75) is 32.7 Å². The summed E-state index contributed by atoms with van der Waals surface area (Å²) in [6, 6.07) is 1.92. The van der Waals surface area contributed by atoms with E-state index in [1.54, 1.807) is 6.20 Å². The van der Waals surface area contributed by atoms with Gasteiger partial charge in [0.1, 0.15) is 0 Å². The van der Waals surface area contributed by atoms with Crippen LogP contribution < -0.4 is 5.73 Å². The van der Waals surface area contributed by atoms with Gasteiger partial charge in [0.25, 0.3) is 0 Å². The number of nitrogens with zero attached hydrogens (tertiary/aromatic N) is 2. The number of carbonyl (C=O) groups is 1. The lowest BCUT2D eigenvalue weighted by molar-refractivity contribution is -0.119. The molecule has 3 N–H and O–H groups in total. The van der Waals surface area contributed by atoms with E-state index in [4.69, 9.17) is 18.0 Å². The second-order valence-electron chi connectivity index (χ2n) is 5.05. The number of imidazole rings is 1. The molecule has 2 aromatic heterocycles. The predicted octanol–water partition coefficient (Wildman–Crippen LogP) is 2.01. The summed E-state index contributed by atoms with van der Waals surface area (Å²) in [5.41, 5.74) is 7.52. The minimum atomic E-state index is -0.498. The van der Waals surface area contributed by atoms with Gasteiger partial charge in [-0.3, -0.25) is 9.36 Å². The summed E-state index contributed by atoms with van der Waals surface area (Å²) in [6.07, 6.45) is 1.95. The van der Waals surface area contributed by atoms with E-state index in [9.17, 15) is 4.79 Å². The maximum atomic E-state index is 11.2. The molecule has 0 atom stereocenters. The summed E-state index contributed by atoms with van der Waals surface area (Å²) in [5, 5.41) is 0. The zero-order valence-corrected chi connectivity index (χ0v) is 11.5. The van der Waals surface area contributed by atoms with Gasteiger partial charge >= 0.3 is 0 Å². The molecule has 0 aliphatic rings. The van der Waals surface area contributed by atoms with E-state index >= 15 is 0 Å². The molecule has 2 aromatic rings. The molecule has 0 spiro atoms. The highest BCUT2D eigenvalue weighted by Crippen LogP contribution is 2.26. The number of H-pyrrole nitrogens is 1. The molecular formula is C12H16N4OS. The van der Waals surface area contributed by atoms with Crippen LogP contribution in [0.4, 0.5) is 0 Å². The van der Waals surface area contributed by atoms with Crippen molar-refractivity contribution in [1.29, 1.82) is 0 Å². The Labute approximate surface area is 110 Å². The number of aromatic nitrogens is 3. The summed E-state index contributed by atoms with van der Waals surface area (Å²) in [7, 11) is 0. The van der Waals surface area contributed by atoms with Crippen LogP contribution in [0.25, 0.3) is 11.2 Å². The average molecular weight is 264 g/mol. The molecule has 6 heteroatoms. The van der Waals surface area contributed by atoms with Crippen molar-refractivity contribution >= 4 is 29.3 Å². The first-order valence-electron chi connectivity index (χ1n) is 5.68. The van der Waals surface area contributed by atoms with Gasteiger partial charge in [0.2, 0.25) is 5.91 Å². The van der Waals surface area contributed by atoms with Crippen LogP contribution in [0.2, 0.25) is 0 Å². The van der Waals surface area contributed by atoms with Gasteiger partial charge in [-0.2, -0.15) is 0 Å². The van der Waals surface area contributed by atoms with Crippen molar-refractivity contribution in [2.24, 2.45) is 5.73 Å². The Balaban J connectivity index is 2.71. The number of pyridine rings is 1. The molecule has 5 nitrogen and oxygen atoms in total. The number of nitrogens with two attached hydrogens (primary N) is 1. The minimum absolute atomic E-state index is 0.212. The summed E-state index contributed by atoms with van der Waals surface area (Å²) < 4.78 is 2.41. The van der Waals surface area contributed by atoms with Crippen molar-refractivity contribution < 1.29 is 4.79 Å². The lowest BCUT2D eigenvalue weighted by Gasteiger charge is -2.25. The van der Waals surface area contributed by atoms with Gasteiger partial charge < -0.3 is 10.7 Å². The largest absolute Gasteiger partial charge is 0.370 e. The third kappa shape index (κ3) is 2.03. The molecule has 0 bridgehead atoms. The van der Waals surface area contributed by atoms with Gasteiger partial charge in [0, 0.05) is 12.6 Å². The quantitative estimate of drug-likeness (QED) is 0.833. The predicted molar refractivity (Wildman–Crippen MR) is 72.8 cm³/mol. The van der Waals surface area contributed by atoms with Crippen LogP contribution >= 0.6 is 12.2 Å². The number of hydrogen-bond donors (Lipinski definition) is 2. The average Bonchev–Trinajstić information content (AvgIpc) is 2.54. The highest BCUT2D eigenvalue weighted by Gasteiger charge is 2.26. The third-order valence-corrected chi connectivity index (χ3v) is 3.28. The fourth-order valence-corrected chi connectivity index (χ4v) is 2.63. The van der Waals surface area contributed by atoms with E-state index in [-0.39, 0.29) is 12.3 Å². The fraction of sp³-hybridized carbons (Fsp3) is 0.417. The Morgan fingerprint density at radius 2 is 2.28 bits per heavy atom. The Morgan fingerprint density at radius 3 is 2.89 bits per heavy atom. The van der Waals surface area contributed by atoms with Gasteiger partial charge in [-0.25, -0.2) is 4.98 Å². The second kappa shape index (κ2) is 4.20. The zero-order valence-electron chi connectivity index (χ0n) is 10.7. The Morgan fingerprint density at radius 1 is 1.61 bits per heavy atom. The van der Waals surface area contributed by atoms with Crippen LogP contribution in [0.5, 0.6) is 0 Å². The molecule has 1 amide bonds. The molecule has 2 rings (SSSR count). The van der Waals surface area contributed by atoms with Gasteiger partial charge in [-0.05, 0) is 44.6 Å². The number of nitrogens with one attached hydrogen (secondary N) is 1. The van der Waals surface area contributed by atoms with Gasteiger partial charge in [0.05, 0.1) is 11.1 Å². The molecule has 0 aliphatic carbocycles. The molecule has 0 aliphatic heterocycles. The number of primary amides is 1. The normalized spacial score (nSPS) is 11.9. The molecule has 0 saturated heterocycles. The number of fused-ring (bicyclic) bond motifs is 1. The number of rotatable bonds is 3. The van der Waals surface area contributed by atoms with E-state index < -0.39 is 5.54 Å². The van der Waals surface area contributed by atoms with Crippen molar-refractivity contribution in [2.75, 3.05) is 0 Å². The lowest BCUT2D eigenvalue weighted by Crippen LogP contribution is -2.32. The van der Waals surface area contributed by atoms with Gasteiger partial charge in [-0.1, -0.05) is 0 Å². The van der Waals surface area contributed by atoms with E-state index in [1.165, 1.54) is 0 Å². The topological polar surface area (TPSA) is 76.7 Å². The number of hydrogen-bond acceptors (Lipinski definition) is 3. The highest BCUT2D eigenvalue weighted by atomic mass is 32.1. The van der Waals surface area contributed by atoms with Gasteiger partial charge in [-0.15, -0.1) is 0 Å². The summed E-state index contributed by atoms with van der Waals surface area (Å²) in [6.45, 7) is 5.83. The number of carbonyl (C=O) groups excluding carboxylic acids is 1. The smallest absolute Gasteiger partial charge is 0.219 e. The van der Waals surface area contributed by atoms with E-state index in [0.717, 1.165) is 16.7 Å². The Kier molecular flexibility index (Phi) is 2.98. The van der Waals surface area contributed by atoms with E-state index in [0.29, 0.717) is 4.77 Å². The molecule has 96 valence electrons. The van der Waals surface area contributed by atoms with Crippen molar-refractivity contribution in [3.8, 4) is 0 Å². The van der Waals surface area contributed by atoms with E-state index in [1.807, 2.05) is 31.4 Å². The third-order valence-electron chi connectivity index (χ3n) is 3.00. The SMILES string of the molecule is Cc1ccnc2c1[nH]c(=S)n2C(C)(C)CC(N)=O. The van der Waals surface area contributed by atoms with Crippen LogP contribution in [-0.2, 0) is 10.3 Å². The van der Waals surface area contributed by atoms with Crippen LogP contribution in [0, 0.1) is 11.7 Å². The first-order valence-corrected chi connectivity index (χ1v) is 6.09. The van der Waals surface area contributed by atoms with Crippen LogP contribution in [0.1, 0.15) is 25.8 Å². The van der Waals surface area contributed by atoms with Crippen molar-refractivity contribution in [3.05, 3.63) is 22.6 Å². The van der Waals surface area contributed by atoms with Crippen LogP contribution in [-0.4, -0.2) is 20.4 Å². The standard InChI is InChI=1S/C12H16N4OS/c1-7-4-5-14-10-9(7)15-11(18)16(10)12(2,3)6-8(13)17/h4-5H,6H2,1-3H3,(H2,13,17)(H,15,18). The molecule has 0 radical (unpaired) electrons. The maximum absolute atomic E-state index is 11.2. The van der Waals surface area contributed by atoms with Crippen molar-refractivity contribution in [1.82, 2.24) is 14.5 Å². The van der Waals surface area contributed by atoms with Crippen LogP contribution in [0.15, 0.2) is 12.3 Å². The first-order chi connectivity index (χ1) is 8.33. The number of aryl methyl sites for hydroxylation is 1. The molecule has 0 fully saturated rings. The zero-order chi connectivity index (χ0) is 13.5. The Bertz CT molecular complexity index is 668. The summed E-state index contributed by atoms with van der Waals surface area (Å²) in [5.74, 6) is -0.357.